The number of halogens is 2. The Morgan fingerprint density at radius 3 is 2.20 bits per heavy atom. The molecule has 3 heteroatoms. The summed E-state index contributed by atoms with van der Waals surface area (Å²) in [5.41, 5.74) is 0. The second kappa shape index (κ2) is 2.64. The van der Waals surface area contributed by atoms with Gasteiger partial charge in [-0.1, -0.05) is 0 Å². The Balaban J connectivity index is 2.38. The van der Waals surface area contributed by atoms with Gasteiger partial charge < -0.3 is 0 Å². The highest BCUT2D eigenvalue weighted by Gasteiger charge is 2.34. The molecule has 0 unspecified atom stereocenters. The average molecular weight is 147 g/mol. The lowest BCUT2D eigenvalue weighted by Gasteiger charge is -2.24. The fourth-order valence-corrected chi connectivity index (χ4v) is 1.16. The van der Waals surface area contributed by atoms with Gasteiger partial charge in [-0.05, 0) is 12.8 Å². The molecule has 0 aromatic rings. The van der Waals surface area contributed by atoms with E-state index in [0.717, 1.165) is 0 Å². The molecule has 0 N–H and O–H groups in total. The van der Waals surface area contributed by atoms with Gasteiger partial charge in [0, 0.05) is 18.8 Å². The van der Waals surface area contributed by atoms with E-state index >= 15 is 0 Å². The first-order valence-corrected chi connectivity index (χ1v) is 3.39. The summed E-state index contributed by atoms with van der Waals surface area (Å²) in [6.07, 6.45) is 2.07. The van der Waals surface area contributed by atoms with Crippen molar-refractivity contribution in [2.75, 3.05) is 0 Å². The quantitative estimate of drug-likeness (QED) is 0.553. The van der Waals surface area contributed by atoms with Crippen molar-refractivity contribution in [3.63, 3.8) is 0 Å². The van der Waals surface area contributed by atoms with Crippen molar-refractivity contribution in [3.8, 4) is 0 Å². The molecule has 1 saturated carbocycles. The van der Waals surface area contributed by atoms with Crippen molar-refractivity contribution in [1.82, 2.24) is 0 Å². The summed E-state index contributed by atoms with van der Waals surface area (Å²) < 4.78 is 24.8. The number of carbonyl (C=O) groups excluding carboxylic acids is 1. The highest BCUT2D eigenvalue weighted by atomic mass is 19.3. The summed E-state index contributed by atoms with van der Waals surface area (Å²) >= 11 is 0. The predicted octanol–water partition coefficient (Wildman–Crippen LogP) is 1.92. The van der Waals surface area contributed by atoms with E-state index in [-0.39, 0.29) is 18.8 Å². The number of alkyl halides is 2. The van der Waals surface area contributed by atoms with Crippen LogP contribution in [0, 0.1) is 5.92 Å². The van der Waals surface area contributed by atoms with Gasteiger partial charge in [0.25, 0.3) is 0 Å². The third kappa shape index (κ3) is 1.75. The molecule has 1 radical (unpaired) electrons. The van der Waals surface area contributed by atoms with E-state index in [9.17, 15) is 13.6 Å². The van der Waals surface area contributed by atoms with E-state index in [4.69, 9.17) is 0 Å². The molecule has 0 saturated heterocycles. The molecule has 1 rings (SSSR count). The second-order valence-corrected chi connectivity index (χ2v) is 2.75. The molecule has 10 heavy (non-hydrogen) atoms. The minimum atomic E-state index is -2.52. The minimum Gasteiger partial charge on any atom is -0.291 e. The molecule has 0 amide bonds. The van der Waals surface area contributed by atoms with Crippen LogP contribution >= 0.6 is 0 Å². The molecule has 0 aliphatic heterocycles. The fraction of sp³-hybridized carbons (Fsp3) is 0.857. The lowest BCUT2D eigenvalue weighted by molar-refractivity contribution is -0.0394. The first-order valence-electron chi connectivity index (χ1n) is 3.39. The van der Waals surface area contributed by atoms with Gasteiger partial charge in [0.05, 0.1) is 0 Å². The van der Waals surface area contributed by atoms with Crippen LogP contribution in [0.25, 0.3) is 0 Å². The van der Waals surface area contributed by atoms with Crippen LogP contribution in [-0.2, 0) is 4.79 Å². The molecule has 0 bridgehead atoms. The van der Waals surface area contributed by atoms with E-state index in [1.54, 1.807) is 6.29 Å². The van der Waals surface area contributed by atoms with Gasteiger partial charge in [0.15, 0.2) is 0 Å². The molecular weight excluding hydrogens is 138 g/mol. The second-order valence-electron chi connectivity index (χ2n) is 2.75. The van der Waals surface area contributed by atoms with E-state index < -0.39 is 5.92 Å². The van der Waals surface area contributed by atoms with Crippen molar-refractivity contribution in [2.45, 2.75) is 31.6 Å². The predicted molar refractivity (Wildman–Crippen MR) is 32.6 cm³/mol. The molecule has 0 atom stereocenters. The van der Waals surface area contributed by atoms with E-state index in [1.165, 1.54) is 0 Å². The lowest BCUT2D eigenvalue weighted by Crippen LogP contribution is -2.24. The van der Waals surface area contributed by atoms with Crippen LogP contribution in [0.4, 0.5) is 8.78 Å². The van der Waals surface area contributed by atoms with Gasteiger partial charge in [-0.15, -0.1) is 0 Å². The molecular formula is C7H9F2O. The third-order valence-electron chi connectivity index (χ3n) is 1.88. The molecule has 57 valence electrons. The van der Waals surface area contributed by atoms with Gasteiger partial charge in [0.1, 0.15) is 0 Å². The first-order chi connectivity index (χ1) is 4.64. The lowest BCUT2D eigenvalue weighted by atomic mass is 9.88. The molecule has 1 aliphatic carbocycles. The van der Waals surface area contributed by atoms with Crippen LogP contribution in [0.3, 0.4) is 0 Å². The van der Waals surface area contributed by atoms with Crippen LogP contribution in [0.1, 0.15) is 25.7 Å². The molecule has 0 spiro atoms. The molecule has 0 heterocycles. The average Bonchev–Trinajstić information content (AvgIpc) is 1.88. The van der Waals surface area contributed by atoms with Gasteiger partial charge in [0.2, 0.25) is 12.2 Å². The Labute approximate surface area is 58.4 Å². The maximum atomic E-state index is 12.4. The Kier molecular flexibility index (Phi) is 2.02. The maximum Gasteiger partial charge on any atom is 0.248 e. The van der Waals surface area contributed by atoms with E-state index in [0.29, 0.717) is 12.8 Å². The Morgan fingerprint density at radius 2 is 1.80 bits per heavy atom. The Hall–Kier alpha value is -0.470. The Bertz CT molecular complexity index is 124. The largest absolute Gasteiger partial charge is 0.291 e. The van der Waals surface area contributed by atoms with Crippen LogP contribution in [0.2, 0.25) is 0 Å². The normalized spacial score (nSPS) is 26.2. The molecule has 0 aromatic heterocycles. The monoisotopic (exact) mass is 147 g/mol. The summed E-state index contributed by atoms with van der Waals surface area (Å²) in [6.45, 7) is 0. The summed E-state index contributed by atoms with van der Waals surface area (Å²) in [5.74, 6) is -2.76. The summed E-state index contributed by atoms with van der Waals surface area (Å²) in [4.78, 5) is 10.0. The zero-order chi connectivity index (χ0) is 7.61. The maximum absolute atomic E-state index is 12.4. The minimum absolute atomic E-state index is 0.146. The fourth-order valence-electron chi connectivity index (χ4n) is 1.16. The van der Waals surface area contributed by atoms with Gasteiger partial charge >= 0.3 is 0 Å². The Morgan fingerprint density at radius 1 is 1.30 bits per heavy atom. The number of hydrogen-bond donors (Lipinski definition) is 0. The summed E-state index contributed by atoms with van der Waals surface area (Å²) in [7, 11) is 0. The summed E-state index contributed by atoms with van der Waals surface area (Å²) in [5, 5.41) is 0. The van der Waals surface area contributed by atoms with E-state index in [2.05, 4.69) is 0 Å². The highest BCUT2D eigenvalue weighted by molar-refractivity contribution is 5.54. The zero-order valence-corrected chi connectivity index (χ0v) is 5.57. The molecule has 1 fully saturated rings. The van der Waals surface area contributed by atoms with Crippen LogP contribution < -0.4 is 0 Å². The summed E-state index contributed by atoms with van der Waals surface area (Å²) in [6, 6.07) is 0. The van der Waals surface area contributed by atoms with Crippen LogP contribution in [0.15, 0.2) is 0 Å². The smallest absolute Gasteiger partial charge is 0.248 e. The van der Waals surface area contributed by atoms with Crippen molar-refractivity contribution >= 4 is 6.29 Å². The van der Waals surface area contributed by atoms with Crippen molar-refractivity contribution in [3.05, 3.63) is 0 Å². The van der Waals surface area contributed by atoms with Gasteiger partial charge in [-0.2, -0.15) is 0 Å². The van der Waals surface area contributed by atoms with Crippen LogP contribution in [-0.4, -0.2) is 12.2 Å². The van der Waals surface area contributed by atoms with Gasteiger partial charge in [-0.3, -0.25) is 4.79 Å². The van der Waals surface area contributed by atoms with Crippen molar-refractivity contribution in [1.29, 1.82) is 0 Å². The SMILES string of the molecule is O=[C]C1CCC(F)(F)CC1. The number of hydrogen-bond acceptors (Lipinski definition) is 1. The molecule has 0 aromatic carbocycles. The first kappa shape index (κ1) is 7.63. The van der Waals surface area contributed by atoms with Crippen molar-refractivity contribution < 1.29 is 13.6 Å². The topological polar surface area (TPSA) is 17.1 Å². The molecule has 1 aliphatic rings. The van der Waals surface area contributed by atoms with Gasteiger partial charge in [-0.25, -0.2) is 8.78 Å². The van der Waals surface area contributed by atoms with Crippen molar-refractivity contribution in [2.24, 2.45) is 5.92 Å². The number of rotatable bonds is 1. The molecule has 1 nitrogen and oxygen atoms in total. The standard InChI is InChI=1S/C7H9F2O/c8-7(9)3-1-6(5-10)2-4-7/h6H,1-4H2. The highest BCUT2D eigenvalue weighted by Crippen LogP contribution is 2.34. The third-order valence-corrected chi connectivity index (χ3v) is 1.88. The van der Waals surface area contributed by atoms with E-state index in [1.807, 2.05) is 0 Å². The zero-order valence-electron chi connectivity index (χ0n) is 5.57. The van der Waals surface area contributed by atoms with Crippen LogP contribution in [0.5, 0.6) is 0 Å².